The van der Waals surface area contributed by atoms with Crippen LogP contribution in [0.1, 0.15) is 60.2 Å². The summed E-state index contributed by atoms with van der Waals surface area (Å²) in [7, 11) is 1.55. The first-order chi connectivity index (χ1) is 16.8. The molecule has 0 spiro atoms. The van der Waals surface area contributed by atoms with Crippen LogP contribution in [0.5, 0.6) is 11.5 Å². The van der Waals surface area contributed by atoms with Crippen molar-refractivity contribution in [3.05, 3.63) is 33.9 Å². The quantitative estimate of drug-likeness (QED) is 0.244. The first-order valence-corrected chi connectivity index (χ1v) is 12.1. The highest BCUT2D eigenvalue weighted by molar-refractivity contribution is 5.99. The summed E-state index contributed by atoms with van der Waals surface area (Å²) in [6.07, 6.45) is 3.30. The van der Waals surface area contributed by atoms with Crippen molar-refractivity contribution in [2.24, 2.45) is 0 Å². The van der Waals surface area contributed by atoms with Crippen molar-refractivity contribution in [2.75, 3.05) is 46.6 Å². The lowest BCUT2D eigenvalue weighted by molar-refractivity contribution is -0.144. The van der Waals surface area contributed by atoms with Crippen LogP contribution < -0.4 is 9.47 Å². The number of methoxy groups -OCH3 is 1. The molecule has 2 aliphatic heterocycles. The smallest absolute Gasteiger partial charge is 0.342 e. The summed E-state index contributed by atoms with van der Waals surface area (Å²) in [5, 5.41) is 0. The van der Waals surface area contributed by atoms with Crippen molar-refractivity contribution >= 4 is 30.3 Å². The number of benzene rings is 1. The molecule has 0 aliphatic carbocycles. The van der Waals surface area contributed by atoms with Crippen molar-refractivity contribution in [1.29, 1.82) is 0 Å². The van der Waals surface area contributed by atoms with Gasteiger partial charge in [-0.3, -0.25) is 14.5 Å². The zero-order chi connectivity index (χ0) is 25.4. The highest BCUT2D eigenvalue weighted by Crippen LogP contribution is 2.43. The van der Waals surface area contributed by atoms with Gasteiger partial charge in [0.15, 0.2) is 5.75 Å². The fourth-order valence-corrected chi connectivity index (χ4v) is 4.17. The minimum atomic E-state index is -0.508. The molecule has 1 aromatic rings. The molecule has 0 bridgehead atoms. The maximum absolute atomic E-state index is 12.4. The van der Waals surface area contributed by atoms with Crippen LogP contribution in [0.3, 0.4) is 0 Å². The monoisotopic (exact) mass is 525 g/mol. The van der Waals surface area contributed by atoms with Gasteiger partial charge in [-0.2, -0.15) is 0 Å². The van der Waals surface area contributed by atoms with Crippen LogP contribution in [0.15, 0.2) is 11.6 Å². The summed E-state index contributed by atoms with van der Waals surface area (Å²) >= 11 is 0. The zero-order valence-corrected chi connectivity index (χ0v) is 22.3. The molecule has 0 radical (unpaired) electrons. The van der Waals surface area contributed by atoms with E-state index in [4.69, 9.17) is 23.7 Å². The van der Waals surface area contributed by atoms with Gasteiger partial charge < -0.3 is 23.7 Å². The Morgan fingerprint density at radius 1 is 1.11 bits per heavy atom. The van der Waals surface area contributed by atoms with Gasteiger partial charge in [0.05, 0.1) is 20.3 Å². The van der Waals surface area contributed by atoms with Crippen molar-refractivity contribution in [3.63, 3.8) is 0 Å². The average Bonchev–Trinajstić information content (AvgIpc) is 3.25. The second-order valence-electron chi connectivity index (χ2n) is 8.65. The van der Waals surface area contributed by atoms with E-state index in [2.05, 4.69) is 4.90 Å². The number of hydrogen-bond acceptors (Lipinski definition) is 9. The highest BCUT2D eigenvalue weighted by Gasteiger charge is 2.34. The Morgan fingerprint density at radius 3 is 2.50 bits per heavy atom. The highest BCUT2D eigenvalue weighted by atomic mass is 35.5. The third kappa shape index (κ3) is 7.44. The molecule has 1 fully saturated rings. The molecule has 2 heterocycles. The normalized spacial score (nSPS) is 15.6. The zero-order valence-electron chi connectivity index (χ0n) is 21.5. The van der Waals surface area contributed by atoms with E-state index in [1.165, 1.54) is 0 Å². The number of esters is 3. The molecule has 10 heteroatoms. The van der Waals surface area contributed by atoms with Crippen molar-refractivity contribution < 1.29 is 38.1 Å². The molecule has 36 heavy (non-hydrogen) atoms. The predicted molar refractivity (Wildman–Crippen MR) is 135 cm³/mol. The Morgan fingerprint density at radius 2 is 1.83 bits per heavy atom. The SMILES string of the molecule is CCC(=O)Oc1c(C/C=C(\C)CCC(=O)OCCN2CCOCC2)c(OC)c(C)c2c1C(=O)OC2.Cl. The van der Waals surface area contributed by atoms with Gasteiger partial charge in [0, 0.05) is 43.6 Å². The summed E-state index contributed by atoms with van der Waals surface area (Å²) in [6.45, 7) is 9.83. The number of ether oxygens (including phenoxy) is 5. The standard InChI is InChI=1S/C26H35NO8.ClH/c1-5-21(28)35-25-19(24(31-4)18(3)20-16-34-26(30)23(20)25)8-6-17(2)7-9-22(29)33-15-12-27-10-13-32-14-11-27;/h6H,5,7-16H2,1-4H3;1H/b17-6+;. The third-order valence-electron chi connectivity index (χ3n) is 6.28. The van der Waals surface area contributed by atoms with Crippen LogP contribution in [0.2, 0.25) is 0 Å². The largest absolute Gasteiger partial charge is 0.496 e. The van der Waals surface area contributed by atoms with Crippen LogP contribution in [-0.2, 0) is 36.8 Å². The summed E-state index contributed by atoms with van der Waals surface area (Å²) in [4.78, 5) is 38.9. The van der Waals surface area contributed by atoms with Gasteiger partial charge in [0.25, 0.3) is 0 Å². The minimum Gasteiger partial charge on any atom is -0.496 e. The molecule has 0 amide bonds. The topological polar surface area (TPSA) is 101 Å². The molecule has 9 nitrogen and oxygen atoms in total. The molecule has 0 saturated carbocycles. The van der Waals surface area contributed by atoms with Gasteiger partial charge in [-0.15, -0.1) is 12.4 Å². The molecule has 0 unspecified atom stereocenters. The summed E-state index contributed by atoms with van der Waals surface area (Å²) in [6, 6.07) is 0. The van der Waals surface area contributed by atoms with E-state index in [0.29, 0.717) is 56.1 Å². The Hall–Kier alpha value is -2.62. The van der Waals surface area contributed by atoms with Gasteiger partial charge in [-0.1, -0.05) is 18.6 Å². The number of halogens is 1. The minimum absolute atomic E-state index is 0. The first kappa shape index (κ1) is 29.6. The molecule has 3 rings (SSSR count). The molecule has 1 saturated heterocycles. The van der Waals surface area contributed by atoms with Crippen molar-refractivity contribution in [3.8, 4) is 11.5 Å². The molecule has 0 atom stereocenters. The fourth-order valence-electron chi connectivity index (χ4n) is 4.17. The van der Waals surface area contributed by atoms with Crippen LogP contribution in [0.25, 0.3) is 0 Å². The van der Waals surface area contributed by atoms with Gasteiger partial charge in [0.1, 0.15) is 24.5 Å². The van der Waals surface area contributed by atoms with E-state index in [-0.39, 0.29) is 49.1 Å². The summed E-state index contributed by atoms with van der Waals surface area (Å²) in [5.74, 6) is -0.431. The van der Waals surface area contributed by atoms with Crippen LogP contribution in [-0.4, -0.2) is 69.4 Å². The van der Waals surface area contributed by atoms with E-state index in [1.54, 1.807) is 14.0 Å². The number of allylic oxidation sites excluding steroid dienone is 2. The molecule has 200 valence electrons. The second-order valence-corrected chi connectivity index (χ2v) is 8.65. The summed E-state index contributed by atoms with van der Waals surface area (Å²) < 4.78 is 27.1. The first-order valence-electron chi connectivity index (χ1n) is 12.1. The maximum atomic E-state index is 12.4. The van der Waals surface area contributed by atoms with Gasteiger partial charge in [-0.05, 0) is 32.3 Å². The van der Waals surface area contributed by atoms with Gasteiger partial charge >= 0.3 is 17.9 Å². The number of hydrogen-bond donors (Lipinski definition) is 0. The molecule has 1 aromatic carbocycles. The van der Waals surface area contributed by atoms with E-state index < -0.39 is 11.9 Å². The Bertz CT molecular complexity index is 985. The fraction of sp³-hybridized carbons (Fsp3) is 0.577. The van der Waals surface area contributed by atoms with E-state index in [9.17, 15) is 14.4 Å². The number of nitrogens with zero attached hydrogens (tertiary/aromatic N) is 1. The Balaban J connectivity index is 0.00000456. The number of rotatable bonds is 11. The van der Waals surface area contributed by atoms with Crippen LogP contribution >= 0.6 is 12.4 Å². The van der Waals surface area contributed by atoms with Gasteiger partial charge in [-0.25, -0.2) is 4.79 Å². The molecule has 0 aromatic heterocycles. The molecule has 2 aliphatic rings. The van der Waals surface area contributed by atoms with E-state index in [1.807, 2.05) is 19.9 Å². The Labute approximate surface area is 218 Å². The third-order valence-corrected chi connectivity index (χ3v) is 6.28. The predicted octanol–water partition coefficient (Wildman–Crippen LogP) is 3.56. The number of carbonyl (C=O) groups excluding carboxylic acids is 3. The summed E-state index contributed by atoms with van der Waals surface area (Å²) in [5.41, 5.74) is 3.34. The van der Waals surface area contributed by atoms with Crippen LogP contribution in [0, 0.1) is 6.92 Å². The number of morpholine rings is 1. The second kappa shape index (κ2) is 14.2. The maximum Gasteiger partial charge on any atom is 0.342 e. The van der Waals surface area contributed by atoms with Crippen molar-refractivity contribution in [2.45, 2.75) is 53.1 Å². The molecule has 0 N–H and O–H groups in total. The number of carbonyl (C=O) groups is 3. The lowest BCUT2D eigenvalue weighted by atomic mass is 9.94. The lowest BCUT2D eigenvalue weighted by Crippen LogP contribution is -2.38. The van der Waals surface area contributed by atoms with Crippen LogP contribution in [0.4, 0.5) is 0 Å². The van der Waals surface area contributed by atoms with E-state index in [0.717, 1.165) is 24.2 Å². The Kier molecular flexibility index (Phi) is 11.7. The van der Waals surface area contributed by atoms with Gasteiger partial charge in [0.2, 0.25) is 0 Å². The molecular formula is C26H36ClNO8. The molecular weight excluding hydrogens is 490 g/mol. The number of fused-ring (bicyclic) bond motifs is 1. The average molecular weight is 526 g/mol. The number of cyclic esters (lactones) is 1. The van der Waals surface area contributed by atoms with E-state index >= 15 is 0 Å². The van der Waals surface area contributed by atoms with Crippen molar-refractivity contribution in [1.82, 2.24) is 4.90 Å². The lowest BCUT2D eigenvalue weighted by Gasteiger charge is -2.26.